The second-order valence-corrected chi connectivity index (χ2v) is 4.16. The fourth-order valence-corrected chi connectivity index (χ4v) is 0.671. The van der Waals surface area contributed by atoms with Gasteiger partial charge in [-0.25, -0.2) is 0 Å². The van der Waals surface area contributed by atoms with Gasteiger partial charge in [0.15, 0.2) is 0 Å². The Morgan fingerprint density at radius 2 is 1.64 bits per heavy atom. The Morgan fingerprint density at radius 1 is 1.36 bits per heavy atom. The summed E-state index contributed by atoms with van der Waals surface area (Å²) in [5.41, 5.74) is 5.09. The number of primary amides is 1. The van der Waals surface area contributed by atoms with E-state index in [1.54, 1.807) is 6.92 Å². The second kappa shape index (κ2) is 8.72. The molecule has 0 aliphatic rings. The van der Waals surface area contributed by atoms with Crippen LogP contribution in [0.2, 0.25) is 0 Å². The van der Waals surface area contributed by atoms with Gasteiger partial charge < -0.3 is 15.7 Å². The number of nitrogens with two attached hydrogens (primary N) is 1. The molecule has 0 unspecified atom stereocenters. The monoisotopic (exact) mass is 204 g/mol. The summed E-state index contributed by atoms with van der Waals surface area (Å²) in [6.45, 7) is 8.34. The van der Waals surface area contributed by atoms with E-state index in [9.17, 15) is 4.79 Å². The molecule has 0 aliphatic carbocycles. The first-order valence-corrected chi connectivity index (χ1v) is 4.46. The maximum Gasteiger partial charge on any atom is 0.243 e. The van der Waals surface area contributed by atoms with E-state index >= 15 is 0 Å². The molecule has 4 heteroatoms. The molecule has 0 saturated heterocycles. The summed E-state index contributed by atoms with van der Waals surface area (Å²) in [5, 5.41) is 0. The lowest BCUT2D eigenvalue weighted by Crippen LogP contribution is -2.34. The van der Waals surface area contributed by atoms with Gasteiger partial charge in [0.25, 0.3) is 0 Å². The Balaban J connectivity index is -0.000000163. The minimum atomic E-state index is -0.435. The predicted molar refractivity (Wildman–Crippen MR) is 59.1 cm³/mol. The average molecular weight is 204 g/mol. The fourth-order valence-electron chi connectivity index (χ4n) is 0.671. The maximum atomic E-state index is 9.82. The smallest absolute Gasteiger partial charge is 0.243 e. The van der Waals surface area contributed by atoms with Crippen LogP contribution in [0.15, 0.2) is 12.2 Å². The van der Waals surface area contributed by atoms with Gasteiger partial charge in [0, 0.05) is 5.57 Å². The third kappa shape index (κ3) is 22.5. The highest BCUT2D eigenvalue weighted by Crippen LogP contribution is 1.90. The zero-order valence-electron chi connectivity index (χ0n) is 10.0. The van der Waals surface area contributed by atoms with Gasteiger partial charge in [0.2, 0.25) is 5.91 Å². The summed E-state index contributed by atoms with van der Waals surface area (Å²) in [7, 11) is 6.64. The van der Waals surface area contributed by atoms with Crippen molar-refractivity contribution in [3.63, 3.8) is 0 Å². The molecule has 0 spiro atoms. The number of quaternary nitrogens is 1. The third-order valence-electron chi connectivity index (χ3n) is 1.32. The van der Waals surface area contributed by atoms with Crippen LogP contribution in [0, 0.1) is 0 Å². The minimum Gasteiger partial charge on any atom is -0.870 e. The van der Waals surface area contributed by atoms with E-state index in [-0.39, 0.29) is 5.48 Å². The normalized spacial score (nSPS) is 9.21. The Bertz CT molecular complexity index is 159. The summed E-state index contributed by atoms with van der Waals surface area (Å²) in [5.74, 6) is -0.435. The van der Waals surface area contributed by atoms with E-state index in [0.29, 0.717) is 5.57 Å². The zero-order chi connectivity index (χ0) is 11.1. The van der Waals surface area contributed by atoms with Crippen molar-refractivity contribution in [3.05, 3.63) is 12.2 Å². The van der Waals surface area contributed by atoms with Gasteiger partial charge in [-0.2, -0.15) is 0 Å². The van der Waals surface area contributed by atoms with Crippen LogP contribution in [0.3, 0.4) is 0 Å². The molecule has 0 aromatic rings. The largest absolute Gasteiger partial charge is 0.870 e. The van der Waals surface area contributed by atoms with Gasteiger partial charge in [-0.15, -0.1) is 0 Å². The Kier molecular flexibility index (Phi) is 11.7. The molecule has 0 aliphatic heterocycles. The van der Waals surface area contributed by atoms with E-state index in [1.807, 2.05) is 0 Å². The lowest BCUT2D eigenvalue weighted by Gasteiger charge is -2.22. The highest BCUT2D eigenvalue weighted by atomic mass is 16.1. The van der Waals surface area contributed by atoms with Crippen molar-refractivity contribution in [1.29, 1.82) is 0 Å². The standard InChI is InChI=1S/C6H16N.C4H7NO.H2O/c1-5-6-7(2,3)4;1-3(2)4(5)6;/h5-6H2,1-4H3;1H2,2H3,(H2,5,6);1H2/q+1;;/p-1. The van der Waals surface area contributed by atoms with Gasteiger partial charge in [-0.1, -0.05) is 13.5 Å². The van der Waals surface area contributed by atoms with E-state index in [0.717, 1.165) is 4.48 Å². The topological polar surface area (TPSA) is 73.1 Å². The number of rotatable bonds is 3. The lowest BCUT2D eigenvalue weighted by molar-refractivity contribution is -0.870. The van der Waals surface area contributed by atoms with Crippen LogP contribution >= 0.6 is 0 Å². The SMILES string of the molecule is C=C(C)C(N)=O.CCC[N+](C)(C)C.[OH-]. The number of hydrogen-bond donors (Lipinski definition) is 1. The van der Waals surface area contributed by atoms with Gasteiger partial charge in [0.1, 0.15) is 0 Å². The van der Waals surface area contributed by atoms with Crippen LogP contribution in [0.5, 0.6) is 0 Å². The molecule has 0 heterocycles. The van der Waals surface area contributed by atoms with E-state index in [1.165, 1.54) is 13.0 Å². The number of hydrogen-bond acceptors (Lipinski definition) is 2. The molecule has 4 nitrogen and oxygen atoms in total. The first kappa shape index (κ1) is 18.8. The van der Waals surface area contributed by atoms with Crippen LogP contribution in [-0.2, 0) is 4.79 Å². The molecule has 0 saturated carbocycles. The molecule has 14 heavy (non-hydrogen) atoms. The Hall–Kier alpha value is -0.870. The van der Waals surface area contributed by atoms with Gasteiger partial charge in [0.05, 0.1) is 27.7 Å². The molecule has 86 valence electrons. The molecule has 0 aromatic heterocycles. The quantitative estimate of drug-likeness (QED) is 0.549. The highest BCUT2D eigenvalue weighted by Gasteiger charge is 2.01. The number of nitrogens with zero attached hydrogens (tertiary/aromatic N) is 1. The third-order valence-corrected chi connectivity index (χ3v) is 1.32. The number of amides is 1. The molecular weight excluding hydrogens is 180 g/mol. The molecule has 0 fully saturated rings. The predicted octanol–water partition coefficient (Wildman–Crippen LogP) is 0.974. The summed E-state index contributed by atoms with van der Waals surface area (Å²) in [6.07, 6.45) is 1.28. The maximum absolute atomic E-state index is 9.82. The molecule has 1 amide bonds. The van der Waals surface area contributed by atoms with Crippen molar-refractivity contribution in [1.82, 2.24) is 0 Å². The molecule has 3 N–H and O–H groups in total. The highest BCUT2D eigenvalue weighted by molar-refractivity contribution is 5.90. The summed E-state index contributed by atoms with van der Waals surface area (Å²) >= 11 is 0. The molecule has 0 aromatic carbocycles. The first-order chi connectivity index (χ1) is 5.70. The van der Waals surface area contributed by atoms with Gasteiger partial charge in [-0.05, 0) is 13.3 Å². The lowest BCUT2D eigenvalue weighted by atomic mass is 10.3. The average Bonchev–Trinajstić information content (AvgIpc) is 1.85. The van der Waals surface area contributed by atoms with Crippen molar-refractivity contribution in [3.8, 4) is 0 Å². The van der Waals surface area contributed by atoms with E-state index in [2.05, 4.69) is 34.6 Å². The molecule has 0 radical (unpaired) electrons. The molecule has 0 rings (SSSR count). The molecular formula is C10H24N2O2. The first-order valence-electron chi connectivity index (χ1n) is 4.46. The fraction of sp³-hybridized carbons (Fsp3) is 0.700. The Labute approximate surface area is 87.3 Å². The minimum absolute atomic E-state index is 0. The van der Waals surface area contributed by atoms with Gasteiger partial charge in [-0.3, -0.25) is 4.79 Å². The van der Waals surface area contributed by atoms with E-state index < -0.39 is 5.91 Å². The van der Waals surface area contributed by atoms with Crippen molar-refractivity contribution >= 4 is 5.91 Å². The number of carbonyl (C=O) groups is 1. The van der Waals surface area contributed by atoms with Crippen LogP contribution in [0.25, 0.3) is 0 Å². The van der Waals surface area contributed by atoms with Gasteiger partial charge >= 0.3 is 0 Å². The van der Waals surface area contributed by atoms with Crippen LogP contribution in [-0.4, -0.2) is 43.6 Å². The zero-order valence-corrected chi connectivity index (χ0v) is 10.0. The van der Waals surface area contributed by atoms with Crippen molar-refractivity contribution < 1.29 is 14.8 Å². The van der Waals surface area contributed by atoms with Crippen LogP contribution in [0.1, 0.15) is 20.3 Å². The molecule has 0 atom stereocenters. The van der Waals surface area contributed by atoms with Crippen LogP contribution < -0.4 is 5.73 Å². The molecule has 0 bridgehead atoms. The summed E-state index contributed by atoms with van der Waals surface area (Å²) < 4.78 is 1.09. The van der Waals surface area contributed by atoms with Crippen molar-refractivity contribution in [2.24, 2.45) is 5.73 Å². The number of carbonyl (C=O) groups excluding carboxylic acids is 1. The van der Waals surface area contributed by atoms with E-state index in [4.69, 9.17) is 5.73 Å². The van der Waals surface area contributed by atoms with Crippen LogP contribution in [0.4, 0.5) is 0 Å². The van der Waals surface area contributed by atoms with Crippen molar-refractivity contribution in [2.45, 2.75) is 20.3 Å². The Morgan fingerprint density at radius 3 is 1.64 bits per heavy atom. The summed E-state index contributed by atoms with van der Waals surface area (Å²) in [6, 6.07) is 0. The summed E-state index contributed by atoms with van der Waals surface area (Å²) in [4.78, 5) is 9.82. The second-order valence-electron chi connectivity index (χ2n) is 4.16. The van der Waals surface area contributed by atoms with Crippen molar-refractivity contribution in [2.75, 3.05) is 27.7 Å².